The number of halogens is 2. The van der Waals surface area contributed by atoms with Crippen molar-refractivity contribution in [3.63, 3.8) is 0 Å². The second-order valence-electron chi connectivity index (χ2n) is 2.06. The summed E-state index contributed by atoms with van der Waals surface area (Å²) in [5.74, 6) is 0. The Labute approximate surface area is 80.5 Å². The Bertz CT molecular complexity index is 201. The van der Waals surface area contributed by atoms with E-state index in [1.54, 1.807) is 6.20 Å². The number of nitrogens with two attached hydrogens (primary N) is 1. The minimum Gasteiger partial charge on any atom is -0.330 e. The largest absolute Gasteiger partial charge is 0.330 e. The maximum Gasteiger partial charge on any atom is 0.0632 e. The van der Waals surface area contributed by atoms with Crippen molar-refractivity contribution in [2.45, 2.75) is 13.0 Å². The Kier molecular flexibility index (Phi) is 5.54. The standard InChI is InChI=1S/C6H10BrN3.ClH/c7-6-4-9-10(5-6)3-1-2-8;/h4-5H,1-3,8H2;1H. The van der Waals surface area contributed by atoms with Crippen LogP contribution in [-0.2, 0) is 6.54 Å². The predicted octanol–water partition coefficient (Wildman–Crippen LogP) is 1.42. The van der Waals surface area contributed by atoms with Gasteiger partial charge in [-0.1, -0.05) is 0 Å². The summed E-state index contributed by atoms with van der Waals surface area (Å²) in [4.78, 5) is 0. The lowest BCUT2D eigenvalue weighted by atomic mass is 10.4. The number of nitrogens with zero attached hydrogens (tertiary/aromatic N) is 2. The number of aromatic nitrogens is 2. The minimum absolute atomic E-state index is 0. The molecule has 0 saturated heterocycles. The molecule has 0 atom stereocenters. The molecule has 0 unspecified atom stereocenters. The fraction of sp³-hybridized carbons (Fsp3) is 0.500. The van der Waals surface area contributed by atoms with Crippen molar-refractivity contribution in [2.24, 2.45) is 5.73 Å². The molecule has 1 rings (SSSR count). The number of hydrogen-bond donors (Lipinski definition) is 1. The van der Waals surface area contributed by atoms with Gasteiger partial charge >= 0.3 is 0 Å². The summed E-state index contributed by atoms with van der Waals surface area (Å²) in [7, 11) is 0. The van der Waals surface area contributed by atoms with Gasteiger partial charge in [0.25, 0.3) is 0 Å². The molecule has 2 N–H and O–H groups in total. The summed E-state index contributed by atoms with van der Waals surface area (Å²) in [5.41, 5.74) is 5.33. The third-order valence-corrected chi connectivity index (χ3v) is 1.60. The van der Waals surface area contributed by atoms with E-state index in [1.165, 1.54) is 0 Å². The smallest absolute Gasteiger partial charge is 0.0632 e. The van der Waals surface area contributed by atoms with E-state index in [0.717, 1.165) is 24.0 Å². The van der Waals surface area contributed by atoms with E-state index in [-0.39, 0.29) is 12.4 Å². The highest BCUT2D eigenvalue weighted by molar-refractivity contribution is 9.10. The summed E-state index contributed by atoms with van der Waals surface area (Å²) in [5, 5.41) is 4.07. The first-order chi connectivity index (χ1) is 4.83. The van der Waals surface area contributed by atoms with Crippen LogP contribution in [0.5, 0.6) is 0 Å². The van der Waals surface area contributed by atoms with Crippen LogP contribution >= 0.6 is 28.3 Å². The summed E-state index contributed by atoms with van der Waals surface area (Å²) >= 11 is 3.31. The zero-order valence-electron chi connectivity index (χ0n) is 6.03. The van der Waals surface area contributed by atoms with Gasteiger partial charge in [0.1, 0.15) is 0 Å². The topological polar surface area (TPSA) is 43.8 Å². The molecular formula is C6H11BrClN3. The van der Waals surface area contributed by atoms with Crippen molar-refractivity contribution >= 4 is 28.3 Å². The van der Waals surface area contributed by atoms with E-state index < -0.39 is 0 Å². The molecule has 0 aliphatic carbocycles. The molecule has 11 heavy (non-hydrogen) atoms. The molecule has 0 saturated carbocycles. The van der Waals surface area contributed by atoms with Crippen molar-refractivity contribution in [1.29, 1.82) is 0 Å². The average Bonchev–Trinajstić information content (AvgIpc) is 2.31. The molecule has 5 heteroatoms. The maximum absolute atomic E-state index is 5.33. The Morgan fingerprint density at radius 1 is 1.64 bits per heavy atom. The highest BCUT2D eigenvalue weighted by atomic mass is 79.9. The van der Waals surface area contributed by atoms with Gasteiger partial charge in [-0.15, -0.1) is 12.4 Å². The van der Waals surface area contributed by atoms with Crippen molar-refractivity contribution < 1.29 is 0 Å². The Morgan fingerprint density at radius 2 is 2.36 bits per heavy atom. The lowest BCUT2D eigenvalue weighted by Gasteiger charge is -1.96. The van der Waals surface area contributed by atoms with E-state index >= 15 is 0 Å². The molecule has 0 amide bonds. The van der Waals surface area contributed by atoms with Crippen LogP contribution in [0.15, 0.2) is 16.9 Å². The first kappa shape index (κ1) is 10.9. The van der Waals surface area contributed by atoms with E-state index in [4.69, 9.17) is 5.73 Å². The van der Waals surface area contributed by atoms with Gasteiger partial charge in [-0.05, 0) is 28.9 Å². The summed E-state index contributed by atoms with van der Waals surface area (Å²) < 4.78 is 2.89. The molecule has 0 aromatic carbocycles. The second-order valence-corrected chi connectivity index (χ2v) is 2.98. The molecular weight excluding hydrogens is 229 g/mol. The molecule has 0 aliphatic rings. The van der Waals surface area contributed by atoms with E-state index in [1.807, 2.05) is 10.9 Å². The summed E-state index contributed by atoms with van der Waals surface area (Å²) in [6.07, 6.45) is 4.69. The van der Waals surface area contributed by atoms with Gasteiger partial charge in [-0.25, -0.2) is 0 Å². The molecule has 0 aliphatic heterocycles. The minimum atomic E-state index is 0. The molecule has 64 valence electrons. The number of hydrogen-bond acceptors (Lipinski definition) is 2. The van der Waals surface area contributed by atoms with Crippen LogP contribution in [0.3, 0.4) is 0 Å². The van der Waals surface area contributed by atoms with E-state index in [9.17, 15) is 0 Å². The first-order valence-electron chi connectivity index (χ1n) is 3.21. The molecule has 0 fully saturated rings. The SMILES string of the molecule is Cl.NCCCn1cc(Br)cn1. The summed E-state index contributed by atoms with van der Waals surface area (Å²) in [6.45, 7) is 1.62. The average molecular weight is 241 g/mol. The Balaban J connectivity index is 0.000001000. The van der Waals surface area contributed by atoms with Crippen LogP contribution < -0.4 is 5.73 Å². The number of aryl methyl sites for hydroxylation is 1. The Morgan fingerprint density at radius 3 is 2.82 bits per heavy atom. The van der Waals surface area contributed by atoms with Crippen molar-refractivity contribution in [1.82, 2.24) is 9.78 Å². The molecule has 3 nitrogen and oxygen atoms in total. The van der Waals surface area contributed by atoms with Crippen LogP contribution in [0.4, 0.5) is 0 Å². The third kappa shape index (κ3) is 3.74. The molecule has 1 heterocycles. The second kappa shape index (κ2) is 5.57. The zero-order valence-corrected chi connectivity index (χ0v) is 8.44. The zero-order chi connectivity index (χ0) is 7.40. The normalized spacial score (nSPS) is 9.27. The van der Waals surface area contributed by atoms with Crippen molar-refractivity contribution in [3.8, 4) is 0 Å². The monoisotopic (exact) mass is 239 g/mol. The molecule has 0 bridgehead atoms. The highest BCUT2D eigenvalue weighted by Crippen LogP contribution is 2.05. The number of rotatable bonds is 3. The van der Waals surface area contributed by atoms with Crippen LogP contribution in [-0.4, -0.2) is 16.3 Å². The van der Waals surface area contributed by atoms with Gasteiger partial charge in [0.2, 0.25) is 0 Å². The third-order valence-electron chi connectivity index (χ3n) is 1.19. The highest BCUT2D eigenvalue weighted by Gasteiger charge is 1.92. The van der Waals surface area contributed by atoms with Gasteiger partial charge in [-0.2, -0.15) is 5.10 Å². The van der Waals surface area contributed by atoms with Crippen molar-refractivity contribution in [2.75, 3.05) is 6.54 Å². The maximum atomic E-state index is 5.33. The lowest BCUT2D eigenvalue weighted by molar-refractivity contribution is 0.585. The van der Waals surface area contributed by atoms with Gasteiger partial charge in [0.15, 0.2) is 0 Å². The molecule has 1 aromatic rings. The van der Waals surface area contributed by atoms with Gasteiger partial charge in [0, 0.05) is 12.7 Å². The fourth-order valence-electron chi connectivity index (χ4n) is 0.714. The van der Waals surface area contributed by atoms with Crippen LogP contribution in [0, 0.1) is 0 Å². The quantitative estimate of drug-likeness (QED) is 0.868. The van der Waals surface area contributed by atoms with Crippen LogP contribution in [0.2, 0.25) is 0 Å². The fourth-order valence-corrected chi connectivity index (χ4v) is 1.04. The first-order valence-corrected chi connectivity index (χ1v) is 4.00. The van der Waals surface area contributed by atoms with E-state index in [2.05, 4.69) is 21.0 Å². The summed E-state index contributed by atoms with van der Waals surface area (Å²) in [6, 6.07) is 0. The van der Waals surface area contributed by atoms with Crippen LogP contribution in [0.1, 0.15) is 6.42 Å². The Hall–Kier alpha value is -0.0600. The van der Waals surface area contributed by atoms with Crippen LogP contribution in [0.25, 0.3) is 0 Å². The molecule has 0 spiro atoms. The van der Waals surface area contributed by atoms with Gasteiger partial charge in [-0.3, -0.25) is 4.68 Å². The molecule has 0 radical (unpaired) electrons. The molecule has 1 aromatic heterocycles. The van der Waals surface area contributed by atoms with Gasteiger partial charge in [0.05, 0.1) is 10.7 Å². The predicted molar refractivity (Wildman–Crippen MR) is 50.8 cm³/mol. The van der Waals surface area contributed by atoms with E-state index in [0.29, 0.717) is 0 Å². The van der Waals surface area contributed by atoms with Gasteiger partial charge < -0.3 is 5.73 Å². The lowest BCUT2D eigenvalue weighted by Crippen LogP contribution is -2.05. The van der Waals surface area contributed by atoms with Crippen molar-refractivity contribution in [3.05, 3.63) is 16.9 Å².